The van der Waals surface area contributed by atoms with Crippen LogP contribution in [0, 0.1) is 11.3 Å². The van der Waals surface area contributed by atoms with Gasteiger partial charge in [0.05, 0.1) is 18.0 Å². The minimum absolute atomic E-state index is 0.0280. The Kier molecular flexibility index (Phi) is 16.9. The molecular weight excluding hydrogens is 654 g/mol. The van der Waals surface area contributed by atoms with E-state index in [-0.39, 0.29) is 30.3 Å². The highest BCUT2D eigenvalue weighted by atomic mass is 16.2. The lowest BCUT2D eigenvalue weighted by Gasteiger charge is -2.32. The van der Waals surface area contributed by atoms with Gasteiger partial charge in [0.1, 0.15) is 6.04 Å². The molecule has 3 aromatic rings. The van der Waals surface area contributed by atoms with Gasteiger partial charge in [0.25, 0.3) is 11.8 Å². The standard InChI is InChI=1S/C34H41N9O3.3C2H6/c1-34(33-37-39-40-38-33,13-14-36-23-30(44)43-19-3-8-28(43)22-35)29-12-11-27(32(46)42-17-5-18-42)21-25(29)10-9-24-6-2-7-26(20-24)31(45)41-15-4-16-41;3*1-2/h2,6-7,11-12,20-21,28,36H,3-5,8-10,13-19,23H2,1H3,(H,37,38,39,40);3*1-2H3/t28-,34?;;;/m0.../s1. The van der Waals surface area contributed by atoms with Crippen molar-refractivity contribution in [3.05, 3.63) is 76.1 Å². The molecule has 3 aliphatic heterocycles. The van der Waals surface area contributed by atoms with Crippen LogP contribution in [0.3, 0.4) is 0 Å². The second-order valence-electron chi connectivity index (χ2n) is 12.7. The molecule has 2 N–H and O–H groups in total. The van der Waals surface area contributed by atoms with Crippen LogP contribution in [0.1, 0.15) is 124 Å². The minimum atomic E-state index is -0.686. The summed E-state index contributed by atoms with van der Waals surface area (Å²) in [6.07, 6.45) is 5.51. The third-order valence-corrected chi connectivity index (χ3v) is 9.73. The molecule has 6 rings (SSSR count). The fraction of sp³-hybridized carbons (Fsp3) is 0.575. The minimum Gasteiger partial charge on any atom is -0.339 e. The molecule has 1 aromatic heterocycles. The summed E-state index contributed by atoms with van der Waals surface area (Å²) < 4.78 is 0. The summed E-state index contributed by atoms with van der Waals surface area (Å²) in [4.78, 5) is 44.4. The topological polar surface area (TPSA) is 151 Å². The summed E-state index contributed by atoms with van der Waals surface area (Å²) in [5.74, 6) is 0.546. The van der Waals surface area contributed by atoms with Crippen LogP contribution in [0.25, 0.3) is 0 Å². The second-order valence-corrected chi connectivity index (χ2v) is 12.7. The monoisotopic (exact) mass is 713 g/mol. The Balaban J connectivity index is 0.00000116. The number of benzene rings is 2. The predicted octanol–water partition coefficient (Wildman–Crippen LogP) is 5.56. The van der Waals surface area contributed by atoms with Gasteiger partial charge >= 0.3 is 0 Å². The van der Waals surface area contributed by atoms with E-state index in [1.807, 2.05) is 93.8 Å². The molecule has 3 saturated heterocycles. The zero-order valence-corrected chi connectivity index (χ0v) is 32.4. The molecule has 2 atom stereocenters. The van der Waals surface area contributed by atoms with Gasteiger partial charge in [0.2, 0.25) is 5.91 Å². The van der Waals surface area contributed by atoms with Crippen molar-refractivity contribution in [2.45, 2.75) is 105 Å². The number of hydrogen-bond donors (Lipinski definition) is 2. The molecule has 12 heteroatoms. The molecule has 3 amide bonds. The number of aryl methyl sites for hydroxylation is 2. The Hall–Kier alpha value is -4.63. The molecule has 0 bridgehead atoms. The maximum atomic E-state index is 13.3. The first-order valence-electron chi connectivity index (χ1n) is 19.3. The lowest BCUT2D eigenvalue weighted by atomic mass is 9.75. The smallest absolute Gasteiger partial charge is 0.253 e. The van der Waals surface area contributed by atoms with Gasteiger partial charge in [-0.3, -0.25) is 14.4 Å². The summed E-state index contributed by atoms with van der Waals surface area (Å²) in [5, 5.41) is 27.9. The van der Waals surface area contributed by atoms with E-state index in [9.17, 15) is 19.6 Å². The number of nitriles is 1. The van der Waals surface area contributed by atoms with Crippen LogP contribution in [-0.2, 0) is 23.1 Å². The first-order valence-corrected chi connectivity index (χ1v) is 19.3. The van der Waals surface area contributed by atoms with Gasteiger partial charge in [0, 0.05) is 43.9 Å². The number of tetrazole rings is 1. The van der Waals surface area contributed by atoms with Crippen LogP contribution in [-0.4, -0.2) is 105 Å². The van der Waals surface area contributed by atoms with Gasteiger partial charge < -0.3 is 20.0 Å². The summed E-state index contributed by atoms with van der Waals surface area (Å²) >= 11 is 0. The lowest BCUT2D eigenvalue weighted by Crippen LogP contribution is -2.42. The number of nitrogens with zero attached hydrogens (tertiary/aromatic N) is 7. The average Bonchev–Trinajstić information content (AvgIpc) is 3.87. The SMILES string of the molecule is CC.CC.CC.CC(CCNCC(=O)N1CCC[C@H]1C#N)(c1nn[nH]n1)c1ccc(C(=O)N2CCC2)cc1CCc1cccc(C(=O)N2CCC2)c1. The van der Waals surface area contributed by atoms with Crippen LogP contribution in [0.15, 0.2) is 42.5 Å². The molecule has 52 heavy (non-hydrogen) atoms. The van der Waals surface area contributed by atoms with E-state index in [0.29, 0.717) is 49.3 Å². The van der Waals surface area contributed by atoms with Crippen molar-refractivity contribution in [3.63, 3.8) is 0 Å². The zero-order valence-electron chi connectivity index (χ0n) is 32.4. The number of nitrogens with one attached hydrogen (secondary N) is 2. The highest BCUT2D eigenvalue weighted by Crippen LogP contribution is 2.36. The van der Waals surface area contributed by atoms with Crippen LogP contribution in [0.5, 0.6) is 0 Å². The molecule has 0 aliphatic carbocycles. The first-order chi connectivity index (χ1) is 25.4. The second kappa shape index (κ2) is 21.0. The number of rotatable bonds is 12. The third kappa shape index (κ3) is 10.0. The highest BCUT2D eigenvalue weighted by Gasteiger charge is 2.36. The van der Waals surface area contributed by atoms with Gasteiger partial charge in [0.15, 0.2) is 5.82 Å². The van der Waals surface area contributed by atoms with Gasteiger partial charge in [-0.1, -0.05) is 65.0 Å². The number of hydrogen-bond acceptors (Lipinski definition) is 8. The van der Waals surface area contributed by atoms with Crippen LogP contribution < -0.4 is 5.32 Å². The molecule has 2 aromatic carbocycles. The molecule has 282 valence electrons. The zero-order chi connectivity index (χ0) is 38.1. The number of carbonyl (C=O) groups is 3. The molecule has 0 saturated carbocycles. The van der Waals surface area contributed by atoms with Crippen molar-refractivity contribution in [2.75, 3.05) is 45.8 Å². The maximum absolute atomic E-state index is 13.3. The maximum Gasteiger partial charge on any atom is 0.253 e. The van der Waals surface area contributed by atoms with Crippen molar-refractivity contribution >= 4 is 17.7 Å². The highest BCUT2D eigenvalue weighted by molar-refractivity contribution is 5.95. The Bertz CT molecular complexity index is 1610. The van der Waals surface area contributed by atoms with E-state index in [1.165, 1.54) is 0 Å². The van der Waals surface area contributed by atoms with Crippen molar-refractivity contribution in [1.82, 2.24) is 40.6 Å². The van der Waals surface area contributed by atoms with Crippen molar-refractivity contribution in [2.24, 2.45) is 0 Å². The fourth-order valence-corrected chi connectivity index (χ4v) is 6.61. The van der Waals surface area contributed by atoms with E-state index in [1.54, 1.807) is 4.90 Å². The van der Waals surface area contributed by atoms with E-state index in [2.05, 4.69) is 38.9 Å². The Morgan fingerprint density at radius 1 is 0.885 bits per heavy atom. The number of H-pyrrole nitrogens is 1. The number of aromatic nitrogens is 4. The van der Waals surface area contributed by atoms with Gasteiger partial charge in [-0.25, -0.2) is 0 Å². The van der Waals surface area contributed by atoms with Crippen molar-refractivity contribution in [1.29, 1.82) is 5.26 Å². The molecule has 3 aliphatic rings. The number of likely N-dealkylation sites (tertiary alicyclic amines) is 3. The number of amides is 3. The Labute approximate surface area is 310 Å². The number of aromatic amines is 1. The van der Waals surface area contributed by atoms with Crippen LogP contribution >= 0.6 is 0 Å². The van der Waals surface area contributed by atoms with E-state index in [0.717, 1.165) is 68.6 Å². The normalized spacial score (nSPS) is 17.0. The van der Waals surface area contributed by atoms with E-state index < -0.39 is 5.41 Å². The van der Waals surface area contributed by atoms with Crippen LogP contribution in [0.2, 0.25) is 0 Å². The largest absolute Gasteiger partial charge is 0.339 e. The molecule has 0 spiro atoms. The fourth-order valence-electron chi connectivity index (χ4n) is 6.61. The molecular formula is C40H59N9O3. The van der Waals surface area contributed by atoms with E-state index in [4.69, 9.17) is 0 Å². The summed E-state index contributed by atoms with van der Waals surface area (Å²) in [5.41, 5.74) is 3.70. The van der Waals surface area contributed by atoms with Crippen molar-refractivity contribution < 1.29 is 14.4 Å². The summed E-state index contributed by atoms with van der Waals surface area (Å²) in [6, 6.07) is 15.6. The molecule has 4 heterocycles. The van der Waals surface area contributed by atoms with Crippen LogP contribution in [0.4, 0.5) is 0 Å². The average molecular weight is 714 g/mol. The molecule has 12 nitrogen and oxygen atoms in total. The van der Waals surface area contributed by atoms with Gasteiger partial charge in [-0.2, -0.15) is 10.5 Å². The quantitative estimate of drug-likeness (QED) is 0.232. The predicted molar refractivity (Wildman–Crippen MR) is 204 cm³/mol. The first kappa shape index (κ1) is 41.8. The number of carbonyl (C=O) groups excluding carboxylic acids is 3. The molecule has 3 fully saturated rings. The third-order valence-electron chi connectivity index (χ3n) is 9.73. The van der Waals surface area contributed by atoms with Gasteiger partial charge in [-0.15, -0.1) is 10.2 Å². The lowest BCUT2D eigenvalue weighted by molar-refractivity contribution is -0.130. The van der Waals surface area contributed by atoms with Gasteiger partial charge in [-0.05, 0) is 99.4 Å². The summed E-state index contributed by atoms with van der Waals surface area (Å²) in [7, 11) is 0. The molecule has 1 unspecified atom stereocenters. The Morgan fingerprint density at radius 2 is 1.54 bits per heavy atom. The van der Waals surface area contributed by atoms with Crippen molar-refractivity contribution in [3.8, 4) is 6.07 Å². The summed E-state index contributed by atoms with van der Waals surface area (Å²) in [6.45, 7) is 18.5. The van der Waals surface area contributed by atoms with E-state index >= 15 is 0 Å². The Morgan fingerprint density at radius 3 is 2.12 bits per heavy atom. The molecule has 0 radical (unpaired) electrons.